The van der Waals surface area contributed by atoms with Crippen LogP contribution in [0.15, 0.2) is 42.5 Å². The van der Waals surface area contributed by atoms with Gasteiger partial charge in [-0.2, -0.15) is 0 Å². The SMILES string of the molecule is CC(C)C(=O)N(Cc1ccc(F)cc1)C(C)C(=O)NCc1ccc(Cl)cc1Cl. The van der Waals surface area contributed by atoms with Crippen molar-refractivity contribution in [3.63, 3.8) is 0 Å². The van der Waals surface area contributed by atoms with Crippen LogP contribution in [-0.4, -0.2) is 22.8 Å². The highest BCUT2D eigenvalue weighted by Gasteiger charge is 2.27. The van der Waals surface area contributed by atoms with Gasteiger partial charge in [-0.25, -0.2) is 4.39 Å². The Hall–Kier alpha value is -2.11. The lowest BCUT2D eigenvalue weighted by molar-refractivity contribution is -0.143. The van der Waals surface area contributed by atoms with E-state index < -0.39 is 6.04 Å². The van der Waals surface area contributed by atoms with Crippen LogP contribution in [0, 0.1) is 11.7 Å². The lowest BCUT2D eigenvalue weighted by Gasteiger charge is -2.30. The first kappa shape index (κ1) is 22.2. The van der Waals surface area contributed by atoms with Gasteiger partial charge in [0.1, 0.15) is 11.9 Å². The Morgan fingerprint density at radius 2 is 1.71 bits per heavy atom. The summed E-state index contributed by atoms with van der Waals surface area (Å²) in [6, 6.07) is 10.2. The molecule has 2 aromatic rings. The predicted octanol–water partition coefficient (Wildman–Crippen LogP) is 4.82. The molecule has 0 bridgehead atoms. The Bertz CT molecular complexity index is 841. The second-order valence-corrected chi connectivity index (χ2v) is 7.72. The molecule has 7 heteroatoms. The molecule has 1 atom stereocenters. The summed E-state index contributed by atoms with van der Waals surface area (Å²) in [5, 5.41) is 3.78. The van der Waals surface area contributed by atoms with Crippen molar-refractivity contribution in [2.75, 3.05) is 0 Å². The number of carbonyl (C=O) groups excluding carboxylic acids is 2. The molecule has 2 rings (SSSR count). The Balaban J connectivity index is 2.11. The summed E-state index contributed by atoms with van der Waals surface area (Å²) < 4.78 is 13.2. The van der Waals surface area contributed by atoms with E-state index in [-0.39, 0.29) is 36.6 Å². The van der Waals surface area contributed by atoms with Crippen LogP contribution in [0.4, 0.5) is 4.39 Å². The molecular weight excluding hydrogens is 402 g/mol. The van der Waals surface area contributed by atoms with Crippen molar-refractivity contribution < 1.29 is 14.0 Å². The molecule has 0 saturated carbocycles. The van der Waals surface area contributed by atoms with Crippen molar-refractivity contribution in [3.8, 4) is 0 Å². The van der Waals surface area contributed by atoms with Gasteiger partial charge in [-0.05, 0) is 42.3 Å². The molecule has 0 aliphatic heterocycles. The van der Waals surface area contributed by atoms with Gasteiger partial charge in [-0.1, -0.05) is 55.2 Å². The minimum Gasteiger partial charge on any atom is -0.350 e. The van der Waals surface area contributed by atoms with Crippen molar-refractivity contribution in [1.29, 1.82) is 0 Å². The average Bonchev–Trinajstić information content (AvgIpc) is 2.65. The van der Waals surface area contributed by atoms with Gasteiger partial charge >= 0.3 is 0 Å². The molecule has 0 heterocycles. The summed E-state index contributed by atoms with van der Waals surface area (Å²) in [4.78, 5) is 26.8. The standard InChI is InChI=1S/C21H23Cl2FN2O2/c1-13(2)21(28)26(12-15-4-8-18(24)9-5-15)14(3)20(27)25-11-16-6-7-17(22)10-19(16)23/h4-10,13-14H,11-12H2,1-3H3,(H,25,27). The van der Waals surface area contributed by atoms with Crippen LogP contribution in [0.2, 0.25) is 10.0 Å². The predicted molar refractivity (Wildman–Crippen MR) is 110 cm³/mol. The number of nitrogens with zero attached hydrogens (tertiary/aromatic N) is 1. The molecule has 0 aliphatic rings. The van der Waals surface area contributed by atoms with Crippen molar-refractivity contribution in [3.05, 3.63) is 69.5 Å². The fourth-order valence-electron chi connectivity index (χ4n) is 2.66. The fraction of sp³-hybridized carbons (Fsp3) is 0.333. The van der Waals surface area contributed by atoms with E-state index >= 15 is 0 Å². The van der Waals surface area contributed by atoms with Gasteiger partial charge in [-0.3, -0.25) is 9.59 Å². The molecule has 1 unspecified atom stereocenters. The maximum absolute atomic E-state index is 13.2. The second kappa shape index (κ2) is 9.89. The van der Waals surface area contributed by atoms with Gasteiger partial charge in [0, 0.05) is 29.1 Å². The van der Waals surface area contributed by atoms with Gasteiger partial charge in [-0.15, -0.1) is 0 Å². The van der Waals surface area contributed by atoms with Gasteiger partial charge < -0.3 is 10.2 Å². The number of hydrogen-bond acceptors (Lipinski definition) is 2. The monoisotopic (exact) mass is 424 g/mol. The zero-order valence-electron chi connectivity index (χ0n) is 16.0. The van der Waals surface area contributed by atoms with E-state index in [1.165, 1.54) is 17.0 Å². The van der Waals surface area contributed by atoms with E-state index in [0.29, 0.717) is 10.0 Å². The minimum absolute atomic E-state index is 0.156. The highest BCUT2D eigenvalue weighted by molar-refractivity contribution is 6.35. The van der Waals surface area contributed by atoms with Crippen LogP contribution >= 0.6 is 23.2 Å². The first-order chi connectivity index (χ1) is 13.2. The fourth-order valence-corrected chi connectivity index (χ4v) is 3.14. The molecule has 28 heavy (non-hydrogen) atoms. The van der Waals surface area contributed by atoms with Gasteiger partial charge in [0.25, 0.3) is 0 Å². The molecule has 0 saturated heterocycles. The van der Waals surface area contributed by atoms with E-state index in [0.717, 1.165) is 11.1 Å². The van der Waals surface area contributed by atoms with Crippen molar-refractivity contribution in [1.82, 2.24) is 10.2 Å². The molecule has 4 nitrogen and oxygen atoms in total. The summed E-state index contributed by atoms with van der Waals surface area (Å²) in [5.74, 6) is -1.09. The van der Waals surface area contributed by atoms with Crippen LogP contribution in [0.1, 0.15) is 31.9 Å². The number of rotatable bonds is 7. The number of amides is 2. The Labute approximate surface area is 174 Å². The lowest BCUT2D eigenvalue weighted by atomic mass is 10.1. The lowest BCUT2D eigenvalue weighted by Crippen LogP contribution is -2.48. The number of hydrogen-bond donors (Lipinski definition) is 1. The Morgan fingerprint density at radius 1 is 1.07 bits per heavy atom. The van der Waals surface area contributed by atoms with Crippen molar-refractivity contribution >= 4 is 35.0 Å². The summed E-state index contributed by atoms with van der Waals surface area (Å²) in [7, 11) is 0. The molecule has 0 radical (unpaired) electrons. The van der Waals surface area contributed by atoms with E-state index in [1.54, 1.807) is 51.1 Å². The van der Waals surface area contributed by atoms with Gasteiger partial charge in [0.2, 0.25) is 11.8 Å². The first-order valence-corrected chi connectivity index (χ1v) is 9.71. The summed E-state index contributed by atoms with van der Waals surface area (Å²) in [6.07, 6.45) is 0. The van der Waals surface area contributed by atoms with E-state index in [4.69, 9.17) is 23.2 Å². The van der Waals surface area contributed by atoms with E-state index in [1.807, 2.05) is 0 Å². The van der Waals surface area contributed by atoms with Gasteiger partial charge in [0.05, 0.1) is 0 Å². The van der Waals surface area contributed by atoms with Crippen LogP contribution in [-0.2, 0) is 22.7 Å². The zero-order chi connectivity index (χ0) is 20.8. The zero-order valence-corrected chi connectivity index (χ0v) is 17.5. The normalized spacial score (nSPS) is 12.0. The molecule has 1 N–H and O–H groups in total. The van der Waals surface area contributed by atoms with Gasteiger partial charge in [0.15, 0.2) is 0 Å². The van der Waals surface area contributed by atoms with E-state index in [9.17, 15) is 14.0 Å². The number of benzene rings is 2. The van der Waals surface area contributed by atoms with Crippen molar-refractivity contribution in [2.45, 2.75) is 39.9 Å². The smallest absolute Gasteiger partial charge is 0.242 e. The summed E-state index contributed by atoms with van der Waals surface area (Å²) in [6.45, 7) is 5.66. The minimum atomic E-state index is -0.703. The highest BCUT2D eigenvalue weighted by atomic mass is 35.5. The average molecular weight is 425 g/mol. The van der Waals surface area contributed by atoms with E-state index in [2.05, 4.69) is 5.32 Å². The summed E-state index contributed by atoms with van der Waals surface area (Å²) in [5.41, 5.74) is 1.47. The molecular formula is C21H23Cl2FN2O2. The Kier molecular flexibility index (Phi) is 7.84. The molecule has 150 valence electrons. The molecule has 2 aromatic carbocycles. The topological polar surface area (TPSA) is 49.4 Å². The third-order valence-corrected chi connectivity index (χ3v) is 4.95. The largest absolute Gasteiger partial charge is 0.350 e. The Morgan fingerprint density at radius 3 is 2.29 bits per heavy atom. The molecule has 0 aliphatic carbocycles. The first-order valence-electron chi connectivity index (χ1n) is 8.95. The summed E-state index contributed by atoms with van der Waals surface area (Å²) >= 11 is 12.0. The number of halogens is 3. The molecule has 0 fully saturated rings. The molecule has 0 aromatic heterocycles. The third kappa shape index (κ3) is 5.94. The van der Waals surface area contributed by atoms with Crippen LogP contribution < -0.4 is 5.32 Å². The van der Waals surface area contributed by atoms with Crippen LogP contribution in [0.25, 0.3) is 0 Å². The quantitative estimate of drug-likeness (QED) is 0.692. The maximum atomic E-state index is 13.2. The molecule has 0 spiro atoms. The number of nitrogens with one attached hydrogen (secondary N) is 1. The second-order valence-electron chi connectivity index (χ2n) is 6.88. The van der Waals surface area contributed by atoms with Crippen molar-refractivity contribution in [2.24, 2.45) is 5.92 Å². The molecule has 2 amide bonds. The van der Waals surface area contributed by atoms with Crippen LogP contribution in [0.3, 0.4) is 0 Å². The van der Waals surface area contributed by atoms with Crippen LogP contribution in [0.5, 0.6) is 0 Å². The number of carbonyl (C=O) groups is 2. The third-order valence-electron chi connectivity index (χ3n) is 4.36. The highest BCUT2D eigenvalue weighted by Crippen LogP contribution is 2.21. The maximum Gasteiger partial charge on any atom is 0.242 e.